The molecule has 7 heteroatoms. The molecule has 1 aromatic carbocycles. The van der Waals surface area contributed by atoms with E-state index in [1.54, 1.807) is 30.5 Å². The number of aryl methyl sites for hydroxylation is 2. The maximum Gasteiger partial charge on any atom is 0.263 e. The van der Waals surface area contributed by atoms with Crippen molar-refractivity contribution in [2.24, 2.45) is 0 Å². The van der Waals surface area contributed by atoms with E-state index >= 15 is 0 Å². The molecular formula is C19H17ClN4O2. The van der Waals surface area contributed by atoms with E-state index < -0.39 is 11.5 Å². The zero-order chi connectivity index (χ0) is 18.7. The molecule has 3 aromatic rings. The second kappa shape index (κ2) is 7.49. The van der Waals surface area contributed by atoms with Crippen molar-refractivity contribution < 1.29 is 4.79 Å². The average Bonchev–Trinajstić information content (AvgIpc) is 2.56. The number of rotatable bonds is 4. The van der Waals surface area contributed by atoms with E-state index in [2.05, 4.69) is 15.3 Å². The van der Waals surface area contributed by atoms with Crippen LogP contribution in [0.3, 0.4) is 0 Å². The molecule has 26 heavy (non-hydrogen) atoms. The minimum atomic E-state index is -0.541. The molecule has 0 aliphatic rings. The van der Waals surface area contributed by atoms with Gasteiger partial charge >= 0.3 is 0 Å². The van der Waals surface area contributed by atoms with Crippen molar-refractivity contribution in [1.82, 2.24) is 14.5 Å². The molecule has 0 aliphatic heterocycles. The van der Waals surface area contributed by atoms with E-state index in [0.29, 0.717) is 11.6 Å². The molecular weight excluding hydrogens is 352 g/mol. The van der Waals surface area contributed by atoms with Crippen molar-refractivity contribution >= 4 is 23.5 Å². The second-order valence-corrected chi connectivity index (χ2v) is 6.35. The lowest BCUT2D eigenvalue weighted by atomic mass is 10.2. The monoisotopic (exact) mass is 368 g/mol. The minimum absolute atomic E-state index is 0.0253. The lowest BCUT2D eigenvalue weighted by molar-refractivity contribution is 0.102. The number of amides is 1. The highest BCUT2D eigenvalue weighted by atomic mass is 35.5. The fourth-order valence-electron chi connectivity index (χ4n) is 2.62. The third-order valence-electron chi connectivity index (χ3n) is 3.71. The molecule has 3 rings (SSSR count). The van der Waals surface area contributed by atoms with Gasteiger partial charge in [-0.05, 0) is 49.7 Å². The van der Waals surface area contributed by atoms with Crippen LogP contribution in [0.2, 0.25) is 5.02 Å². The molecule has 132 valence electrons. The van der Waals surface area contributed by atoms with Gasteiger partial charge in [0.1, 0.15) is 5.56 Å². The van der Waals surface area contributed by atoms with Crippen molar-refractivity contribution in [2.75, 3.05) is 5.32 Å². The summed E-state index contributed by atoms with van der Waals surface area (Å²) >= 11 is 5.98. The standard InChI is InChI=1S/C19H17ClN4O2/c1-12-9-13(2)22-19(21-12)23-17(25)16-7-4-8-24(18(16)26)11-14-5-3-6-15(20)10-14/h3-10H,11H2,1-2H3,(H,21,22,23,25). The summed E-state index contributed by atoms with van der Waals surface area (Å²) in [5.41, 5.74) is 1.97. The Morgan fingerprint density at radius 3 is 2.54 bits per heavy atom. The van der Waals surface area contributed by atoms with E-state index in [9.17, 15) is 9.59 Å². The second-order valence-electron chi connectivity index (χ2n) is 5.91. The van der Waals surface area contributed by atoms with Gasteiger partial charge in [-0.2, -0.15) is 0 Å². The van der Waals surface area contributed by atoms with Crippen LogP contribution in [-0.4, -0.2) is 20.4 Å². The van der Waals surface area contributed by atoms with Crippen molar-refractivity contribution in [3.05, 3.63) is 86.6 Å². The highest BCUT2D eigenvalue weighted by Gasteiger charge is 2.14. The van der Waals surface area contributed by atoms with Gasteiger partial charge in [-0.1, -0.05) is 23.7 Å². The van der Waals surface area contributed by atoms with Gasteiger partial charge in [-0.25, -0.2) is 9.97 Å². The van der Waals surface area contributed by atoms with Crippen LogP contribution in [0.4, 0.5) is 5.95 Å². The lowest BCUT2D eigenvalue weighted by Crippen LogP contribution is -2.29. The predicted octanol–water partition coefficient (Wildman–Crippen LogP) is 3.21. The van der Waals surface area contributed by atoms with Gasteiger partial charge in [-0.15, -0.1) is 0 Å². The molecule has 1 N–H and O–H groups in total. The Morgan fingerprint density at radius 1 is 1.12 bits per heavy atom. The van der Waals surface area contributed by atoms with Gasteiger partial charge in [0.15, 0.2) is 0 Å². The minimum Gasteiger partial charge on any atom is -0.310 e. The summed E-state index contributed by atoms with van der Waals surface area (Å²) in [5, 5.41) is 3.18. The van der Waals surface area contributed by atoms with Crippen LogP contribution < -0.4 is 10.9 Å². The van der Waals surface area contributed by atoms with Gasteiger partial charge in [0.25, 0.3) is 11.5 Å². The smallest absolute Gasteiger partial charge is 0.263 e. The highest BCUT2D eigenvalue weighted by Crippen LogP contribution is 2.11. The zero-order valence-corrected chi connectivity index (χ0v) is 15.1. The van der Waals surface area contributed by atoms with Crippen LogP contribution in [0.1, 0.15) is 27.3 Å². The summed E-state index contributed by atoms with van der Waals surface area (Å²) in [4.78, 5) is 33.5. The van der Waals surface area contributed by atoms with Crippen molar-refractivity contribution in [1.29, 1.82) is 0 Å². The van der Waals surface area contributed by atoms with Crippen molar-refractivity contribution in [3.8, 4) is 0 Å². The van der Waals surface area contributed by atoms with Crippen LogP contribution in [0.15, 0.2) is 53.5 Å². The number of hydrogen-bond donors (Lipinski definition) is 1. The molecule has 0 saturated carbocycles. The number of hydrogen-bond acceptors (Lipinski definition) is 4. The maximum absolute atomic E-state index is 12.7. The van der Waals surface area contributed by atoms with E-state index in [1.165, 1.54) is 10.6 Å². The molecule has 0 aliphatic carbocycles. The number of nitrogens with one attached hydrogen (secondary N) is 1. The number of benzene rings is 1. The first-order valence-electron chi connectivity index (χ1n) is 8.00. The van der Waals surface area contributed by atoms with Gasteiger partial charge in [0, 0.05) is 22.6 Å². The summed E-state index contributed by atoms with van der Waals surface area (Å²) in [6.45, 7) is 3.94. The molecule has 0 fully saturated rings. The SMILES string of the molecule is Cc1cc(C)nc(NC(=O)c2cccn(Cc3cccc(Cl)c3)c2=O)n1. The number of carbonyl (C=O) groups is 1. The summed E-state index contributed by atoms with van der Waals surface area (Å²) in [6, 6.07) is 12.2. The normalized spacial score (nSPS) is 10.6. The largest absolute Gasteiger partial charge is 0.310 e. The Kier molecular flexibility index (Phi) is 5.14. The first-order chi connectivity index (χ1) is 12.4. The van der Waals surface area contributed by atoms with Crippen LogP contribution >= 0.6 is 11.6 Å². The topological polar surface area (TPSA) is 76.9 Å². The fraction of sp³-hybridized carbons (Fsp3) is 0.158. The highest BCUT2D eigenvalue weighted by molar-refractivity contribution is 6.30. The molecule has 1 amide bonds. The van der Waals surface area contributed by atoms with Gasteiger partial charge < -0.3 is 4.57 Å². The van der Waals surface area contributed by atoms with Crippen molar-refractivity contribution in [3.63, 3.8) is 0 Å². The van der Waals surface area contributed by atoms with Gasteiger partial charge in [-0.3, -0.25) is 14.9 Å². The molecule has 2 aromatic heterocycles. The molecule has 0 saturated heterocycles. The number of pyridine rings is 1. The summed E-state index contributed by atoms with van der Waals surface area (Å²) in [6.07, 6.45) is 1.63. The average molecular weight is 369 g/mol. The maximum atomic E-state index is 12.7. The fourth-order valence-corrected chi connectivity index (χ4v) is 2.83. The van der Waals surface area contributed by atoms with Gasteiger partial charge in [0.2, 0.25) is 5.95 Å². The Hall–Kier alpha value is -2.99. The lowest BCUT2D eigenvalue weighted by Gasteiger charge is -2.09. The molecule has 0 unspecified atom stereocenters. The number of carbonyl (C=O) groups excluding carboxylic acids is 1. The Morgan fingerprint density at radius 2 is 1.85 bits per heavy atom. The van der Waals surface area contributed by atoms with Gasteiger partial charge in [0.05, 0.1) is 6.54 Å². The Labute approximate surface area is 155 Å². The van der Waals surface area contributed by atoms with E-state index in [1.807, 2.05) is 26.0 Å². The molecule has 0 bridgehead atoms. The summed E-state index contributed by atoms with van der Waals surface area (Å²) in [7, 11) is 0. The predicted molar refractivity (Wildman–Crippen MR) is 101 cm³/mol. The number of anilines is 1. The summed E-state index contributed by atoms with van der Waals surface area (Å²) in [5.74, 6) is -0.363. The first kappa shape index (κ1) is 17.8. The third kappa shape index (κ3) is 4.15. The molecule has 0 spiro atoms. The van der Waals surface area contributed by atoms with Crippen molar-refractivity contribution in [2.45, 2.75) is 20.4 Å². The summed E-state index contributed by atoms with van der Waals surface area (Å²) < 4.78 is 1.46. The molecule has 6 nitrogen and oxygen atoms in total. The first-order valence-corrected chi connectivity index (χ1v) is 8.38. The van der Waals surface area contributed by atoms with E-state index in [-0.39, 0.29) is 11.5 Å². The number of nitrogens with zero attached hydrogens (tertiary/aromatic N) is 3. The number of halogens is 1. The zero-order valence-electron chi connectivity index (χ0n) is 14.4. The third-order valence-corrected chi connectivity index (χ3v) is 3.95. The van der Waals surface area contributed by atoms with Crippen LogP contribution in [0.25, 0.3) is 0 Å². The Bertz CT molecular complexity index is 1010. The quantitative estimate of drug-likeness (QED) is 0.767. The van der Waals surface area contributed by atoms with E-state index in [4.69, 9.17) is 11.6 Å². The molecule has 0 atom stereocenters. The van der Waals surface area contributed by atoms with Crippen LogP contribution in [0.5, 0.6) is 0 Å². The Balaban J connectivity index is 1.86. The van der Waals surface area contributed by atoms with E-state index in [0.717, 1.165) is 17.0 Å². The van der Waals surface area contributed by atoms with Crippen LogP contribution in [-0.2, 0) is 6.54 Å². The van der Waals surface area contributed by atoms with Crippen LogP contribution in [0, 0.1) is 13.8 Å². The number of aromatic nitrogens is 3. The molecule has 0 radical (unpaired) electrons. The molecule has 2 heterocycles.